The highest BCUT2D eigenvalue weighted by molar-refractivity contribution is 7.97. The number of nitrogens with zero attached hydrogens (tertiary/aromatic N) is 4. The number of piperazine rings is 1. The minimum absolute atomic E-state index is 0.142. The SMILES string of the molecule is C=C1CC2(CNC2)CN1c1ccc(SN2CCN(c3cc(C(F)(F)F)cc(Cl)n3)CC2)cc1. The van der Waals surface area contributed by atoms with Crippen LogP contribution >= 0.6 is 23.5 Å². The Balaban J connectivity index is 1.17. The monoisotopic (exact) mass is 495 g/mol. The lowest BCUT2D eigenvalue weighted by atomic mass is 9.81. The molecule has 33 heavy (non-hydrogen) atoms. The van der Waals surface area contributed by atoms with E-state index in [-0.39, 0.29) is 11.0 Å². The van der Waals surface area contributed by atoms with Gasteiger partial charge in [0.15, 0.2) is 0 Å². The number of pyridine rings is 1. The summed E-state index contributed by atoms with van der Waals surface area (Å²) in [6, 6.07) is 10.5. The standard InChI is InChI=1S/C23H25ClF3N5S/c1-16-12-22(13-28-14-22)15-32(16)18-2-4-19(5-3-18)33-31-8-6-30(7-9-31)21-11-17(23(25,26)27)10-20(24)29-21/h2-5,10-11,28H,1,6-9,12-15H2. The first-order chi connectivity index (χ1) is 15.7. The van der Waals surface area contributed by atoms with Gasteiger partial charge in [0.1, 0.15) is 11.0 Å². The first-order valence-corrected chi connectivity index (χ1v) is 12.0. The lowest BCUT2D eigenvalue weighted by molar-refractivity contribution is -0.137. The molecule has 176 valence electrons. The fourth-order valence-electron chi connectivity index (χ4n) is 4.67. The predicted molar refractivity (Wildman–Crippen MR) is 127 cm³/mol. The molecule has 0 bridgehead atoms. The zero-order valence-corrected chi connectivity index (χ0v) is 19.6. The number of rotatable bonds is 4. The van der Waals surface area contributed by atoms with Crippen molar-refractivity contribution in [1.29, 1.82) is 0 Å². The first kappa shape index (κ1) is 22.8. The van der Waals surface area contributed by atoms with E-state index in [1.165, 1.54) is 11.4 Å². The van der Waals surface area contributed by atoms with Crippen LogP contribution in [0.1, 0.15) is 12.0 Å². The van der Waals surface area contributed by atoms with Crippen molar-refractivity contribution in [1.82, 2.24) is 14.6 Å². The number of hydrogen-bond acceptors (Lipinski definition) is 6. The molecule has 0 amide bonds. The summed E-state index contributed by atoms with van der Waals surface area (Å²) in [6.07, 6.45) is -3.39. The van der Waals surface area contributed by atoms with Crippen molar-refractivity contribution in [2.24, 2.45) is 5.41 Å². The second-order valence-electron chi connectivity index (χ2n) is 8.97. The van der Waals surface area contributed by atoms with Gasteiger partial charge in [0, 0.05) is 67.5 Å². The van der Waals surface area contributed by atoms with E-state index in [9.17, 15) is 13.2 Å². The topological polar surface area (TPSA) is 34.6 Å². The van der Waals surface area contributed by atoms with E-state index in [4.69, 9.17) is 11.6 Å². The molecule has 1 aromatic carbocycles. The lowest BCUT2D eigenvalue weighted by Crippen LogP contribution is -2.54. The van der Waals surface area contributed by atoms with E-state index >= 15 is 0 Å². The number of allylic oxidation sites excluding steroid dienone is 1. The van der Waals surface area contributed by atoms with Crippen LogP contribution in [-0.4, -0.2) is 55.1 Å². The van der Waals surface area contributed by atoms with Crippen LogP contribution in [-0.2, 0) is 6.18 Å². The van der Waals surface area contributed by atoms with E-state index in [0.717, 1.165) is 43.1 Å². The number of aromatic nitrogens is 1. The highest BCUT2D eigenvalue weighted by atomic mass is 35.5. The number of benzene rings is 1. The Hall–Kier alpha value is -1.94. The fourth-order valence-corrected chi connectivity index (χ4v) is 5.78. The van der Waals surface area contributed by atoms with E-state index in [1.54, 1.807) is 11.9 Å². The zero-order valence-electron chi connectivity index (χ0n) is 18.0. The van der Waals surface area contributed by atoms with Gasteiger partial charge in [-0.3, -0.25) is 0 Å². The maximum Gasteiger partial charge on any atom is 0.416 e. The van der Waals surface area contributed by atoms with E-state index in [1.807, 2.05) is 4.90 Å². The molecule has 0 saturated carbocycles. The molecule has 3 aliphatic heterocycles. The van der Waals surface area contributed by atoms with Gasteiger partial charge in [0.2, 0.25) is 0 Å². The van der Waals surface area contributed by atoms with Gasteiger partial charge in [0.25, 0.3) is 0 Å². The Morgan fingerprint density at radius 3 is 2.33 bits per heavy atom. The highest BCUT2D eigenvalue weighted by Crippen LogP contribution is 2.42. The van der Waals surface area contributed by atoms with Gasteiger partial charge in [0.05, 0.1) is 5.56 Å². The second kappa shape index (κ2) is 8.69. The Kier molecular flexibility index (Phi) is 6.01. The number of nitrogens with one attached hydrogen (secondary N) is 1. The summed E-state index contributed by atoms with van der Waals surface area (Å²) in [6.45, 7) is 9.98. The van der Waals surface area contributed by atoms with Crippen LogP contribution in [0.15, 0.2) is 53.6 Å². The molecule has 0 unspecified atom stereocenters. The van der Waals surface area contributed by atoms with Crippen LogP contribution in [0.3, 0.4) is 0 Å². The third-order valence-corrected chi connectivity index (χ3v) is 7.81. The molecule has 1 N–H and O–H groups in total. The largest absolute Gasteiger partial charge is 0.416 e. The molecule has 5 nitrogen and oxygen atoms in total. The van der Waals surface area contributed by atoms with Crippen LogP contribution in [0.25, 0.3) is 0 Å². The third kappa shape index (κ3) is 4.82. The number of hydrogen-bond donors (Lipinski definition) is 1. The zero-order chi connectivity index (χ0) is 23.2. The van der Waals surface area contributed by atoms with Crippen LogP contribution in [0.2, 0.25) is 5.15 Å². The summed E-state index contributed by atoms with van der Waals surface area (Å²) in [5.74, 6) is 0.272. The summed E-state index contributed by atoms with van der Waals surface area (Å²) < 4.78 is 41.5. The van der Waals surface area contributed by atoms with Gasteiger partial charge in [-0.15, -0.1) is 0 Å². The molecule has 3 saturated heterocycles. The molecule has 10 heteroatoms. The fraction of sp³-hybridized carbons (Fsp3) is 0.435. The molecule has 4 heterocycles. The number of anilines is 2. The Morgan fingerprint density at radius 2 is 1.76 bits per heavy atom. The van der Waals surface area contributed by atoms with Crippen LogP contribution in [0.4, 0.5) is 24.7 Å². The van der Waals surface area contributed by atoms with Crippen molar-refractivity contribution in [3.8, 4) is 0 Å². The highest BCUT2D eigenvalue weighted by Gasteiger charge is 2.45. The Bertz CT molecular complexity index is 1030. The number of halogens is 4. The first-order valence-electron chi connectivity index (χ1n) is 10.9. The smallest absolute Gasteiger partial charge is 0.354 e. The quantitative estimate of drug-likeness (QED) is 0.480. The average Bonchev–Trinajstić information content (AvgIpc) is 3.12. The predicted octanol–water partition coefficient (Wildman–Crippen LogP) is 4.90. The maximum atomic E-state index is 13.1. The normalized spacial score (nSPS) is 21.0. The molecule has 0 aliphatic carbocycles. The molecule has 0 atom stereocenters. The average molecular weight is 496 g/mol. The van der Waals surface area contributed by atoms with E-state index in [2.05, 4.69) is 50.4 Å². The van der Waals surface area contributed by atoms with Crippen molar-refractivity contribution in [2.75, 3.05) is 55.6 Å². The summed E-state index contributed by atoms with van der Waals surface area (Å²) >= 11 is 7.51. The van der Waals surface area contributed by atoms with Gasteiger partial charge < -0.3 is 15.1 Å². The minimum Gasteiger partial charge on any atom is -0.354 e. The van der Waals surface area contributed by atoms with Crippen LogP contribution < -0.4 is 15.1 Å². The van der Waals surface area contributed by atoms with Gasteiger partial charge in [-0.05, 0) is 54.8 Å². The van der Waals surface area contributed by atoms with Crippen molar-refractivity contribution >= 4 is 35.1 Å². The minimum atomic E-state index is -4.44. The molecular weight excluding hydrogens is 471 g/mol. The van der Waals surface area contributed by atoms with Crippen LogP contribution in [0.5, 0.6) is 0 Å². The summed E-state index contributed by atoms with van der Waals surface area (Å²) in [5, 5.41) is 3.23. The molecule has 1 aromatic heterocycles. The second-order valence-corrected chi connectivity index (χ2v) is 10.5. The van der Waals surface area contributed by atoms with Crippen molar-refractivity contribution in [3.05, 3.63) is 59.4 Å². The van der Waals surface area contributed by atoms with E-state index < -0.39 is 11.7 Å². The molecule has 5 rings (SSSR count). The van der Waals surface area contributed by atoms with E-state index in [0.29, 0.717) is 31.6 Å². The molecule has 2 aromatic rings. The van der Waals surface area contributed by atoms with Gasteiger partial charge >= 0.3 is 6.18 Å². The van der Waals surface area contributed by atoms with Gasteiger partial charge in [-0.1, -0.05) is 18.2 Å². The van der Waals surface area contributed by atoms with Gasteiger partial charge in [-0.2, -0.15) is 13.2 Å². The van der Waals surface area contributed by atoms with Crippen molar-refractivity contribution in [3.63, 3.8) is 0 Å². The Labute approximate surface area is 200 Å². The number of alkyl halides is 3. The van der Waals surface area contributed by atoms with Gasteiger partial charge in [-0.25, -0.2) is 9.29 Å². The lowest BCUT2D eigenvalue weighted by Gasteiger charge is -2.38. The molecule has 0 radical (unpaired) electrons. The van der Waals surface area contributed by atoms with Crippen molar-refractivity contribution < 1.29 is 13.2 Å². The van der Waals surface area contributed by atoms with Crippen LogP contribution in [0, 0.1) is 5.41 Å². The maximum absolute atomic E-state index is 13.1. The molecule has 3 aliphatic rings. The summed E-state index contributed by atoms with van der Waals surface area (Å²) in [4.78, 5) is 9.41. The third-order valence-electron chi connectivity index (χ3n) is 6.51. The Morgan fingerprint density at radius 1 is 1.06 bits per heavy atom. The summed E-state index contributed by atoms with van der Waals surface area (Å²) in [5.41, 5.74) is 1.93. The summed E-state index contributed by atoms with van der Waals surface area (Å²) in [7, 11) is 0. The van der Waals surface area contributed by atoms with Crippen molar-refractivity contribution in [2.45, 2.75) is 17.5 Å². The molecule has 1 spiro atoms. The molecule has 3 fully saturated rings. The molecular formula is C23H25ClF3N5S.